The summed E-state index contributed by atoms with van der Waals surface area (Å²) < 4.78 is 0. The molecule has 0 fully saturated rings. The van der Waals surface area contributed by atoms with Crippen molar-refractivity contribution in [2.75, 3.05) is 23.4 Å². The van der Waals surface area contributed by atoms with Crippen LogP contribution in [0.2, 0.25) is 0 Å². The number of nitrogens with zero attached hydrogens (tertiary/aromatic N) is 2. The van der Waals surface area contributed by atoms with E-state index in [0.717, 1.165) is 29.0 Å². The molecule has 0 aliphatic heterocycles. The van der Waals surface area contributed by atoms with Crippen LogP contribution in [0.3, 0.4) is 0 Å². The standard InChI is InChI=1S/C16H22N4S/c1-5-17-14-10-15(20-16(19-14)21-4)18-13-9-7-6-8-12(13)11(2)3/h6-11H,5H2,1-4H3,(H2,17,18,19,20). The molecule has 2 rings (SSSR count). The molecule has 0 aliphatic carbocycles. The van der Waals surface area contributed by atoms with Crippen LogP contribution in [0.15, 0.2) is 35.5 Å². The first-order chi connectivity index (χ1) is 10.1. The van der Waals surface area contributed by atoms with Crippen LogP contribution in [-0.2, 0) is 0 Å². The maximum absolute atomic E-state index is 4.53. The van der Waals surface area contributed by atoms with Gasteiger partial charge >= 0.3 is 0 Å². The van der Waals surface area contributed by atoms with Crippen molar-refractivity contribution in [1.29, 1.82) is 0 Å². The van der Waals surface area contributed by atoms with E-state index in [0.29, 0.717) is 5.92 Å². The summed E-state index contributed by atoms with van der Waals surface area (Å²) in [5, 5.41) is 7.43. The number of rotatable bonds is 6. The predicted octanol–water partition coefficient (Wildman–Crippen LogP) is 4.50. The Bertz CT molecular complexity index is 599. The smallest absolute Gasteiger partial charge is 0.191 e. The van der Waals surface area contributed by atoms with Gasteiger partial charge in [0.15, 0.2) is 5.16 Å². The largest absolute Gasteiger partial charge is 0.370 e. The van der Waals surface area contributed by atoms with Crippen LogP contribution in [0.4, 0.5) is 17.3 Å². The lowest BCUT2D eigenvalue weighted by Gasteiger charge is -2.15. The highest BCUT2D eigenvalue weighted by Gasteiger charge is 2.08. The monoisotopic (exact) mass is 302 g/mol. The lowest BCUT2D eigenvalue weighted by atomic mass is 10.0. The van der Waals surface area contributed by atoms with Crippen molar-refractivity contribution >= 4 is 29.1 Å². The van der Waals surface area contributed by atoms with Gasteiger partial charge in [0.1, 0.15) is 11.6 Å². The van der Waals surface area contributed by atoms with E-state index in [1.54, 1.807) is 11.8 Å². The third kappa shape index (κ3) is 4.11. The molecule has 0 spiro atoms. The van der Waals surface area contributed by atoms with Gasteiger partial charge in [0.25, 0.3) is 0 Å². The Kier molecular flexibility index (Phi) is 5.44. The zero-order valence-electron chi connectivity index (χ0n) is 13.0. The number of anilines is 3. The molecular weight excluding hydrogens is 280 g/mol. The highest BCUT2D eigenvalue weighted by Crippen LogP contribution is 2.27. The summed E-state index contributed by atoms with van der Waals surface area (Å²) in [6.45, 7) is 7.28. The summed E-state index contributed by atoms with van der Waals surface area (Å²) in [6.07, 6.45) is 1.98. The third-order valence-electron chi connectivity index (χ3n) is 3.09. The maximum Gasteiger partial charge on any atom is 0.191 e. The molecule has 0 aliphatic rings. The van der Waals surface area contributed by atoms with E-state index < -0.39 is 0 Å². The van der Waals surface area contributed by atoms with E-state index in [9.17, 15) is 0 Å². The van der Waals surface area contributed by atoms with Crippen LogP contribution in [0.25, 0.3) is 0 Å². The Morgan fingerprint density at radius 3 is 2.52 bits per heavy atom. The Labute approximate surface area is 130 Å². The van der Waals surface area contributed by atoms with Gasteiger partial charge in [-0.05, 0) is 30.7 Å². The van der Waals surface area contributed by atoms with Crippen molar-refractivity contribution in [2.24, 2.45) is 0 Å². The van der Waals surface area contributed by atoms with Gasteiger partial charge < -0.3 is 10.6 Å². The minimum absolute atomic E-state index is 0.462. The third-order valence-corrected chi connectivity index (χ3v) is 3.64. The minimum atomic E-state index is 0.462. The van der Waals surface area contributed by atoms with E-state index >= 15 is 0 Å². The SMILES string of the molecule is CCNc1cc(Nc2ccccc2C(C)C)nc(SC)n1. The van der Waals surface area contributed by atoms with Crippen molar-refractivity contribution in [2.45, 2.75) is 31.8 Å². The van der Waals surface area contributed by atoms with Gasteiger partial charge in [-0.15, -0.1) is 0 Å². The Morgan fingerprint density at radius 1 is 1.14 bits per heavy atom. The first-order valence-corrected chi connectivity index (χ1v) is 8.39. The molecule has 0 saturated heterocycles. The average Bonchev–Trinajstić information content (AvgIpc) is 2.47. The first-order valence-electron chi connectivity index (χ1n) is 7.17. The lowest BCUT2D eigenvalue weighted by molar-refractivity contribution is 0.868. The number of nitrogens with one attached hydrogen (secondary N) is 2. The second kappa shape index (κ2) is 7.31. The molecule has 0 amide bonds. The predicted molar refractivity (Wildman–Crippen MR) is 91.8 cm³/mol. The number of aromatic nitrogens is 2. The zero-order chi connectivity index (χ0) is 15.2. The molecule has 112 valence electrons. The molecule has 21 heavy (non-hydrogen) atoms. The van der Waals surface area contributed by atoms with Crippen LogP contribution < -0.4 is 10.6 Å². The van der Waals surface area contributed by atoms with E-state index in [1.807, 2.05) is 18.4 Å². The lowest BCUT2D eigenvalue weighted by Crippen LogP contribution is -2.04. The zero-order valence-corrected chi connectivity index (χ0v) is 13.8. The van der Waals surface area contributed by atoms with E-state index in [-0.39, 0.29) is 0 Å². The number of benzene rings is 1. The first kappa shape index (κ1) is 15.6. The fourth-order valence-electron chi connectivity index (χ4n) is 2.10. The molecule has 1 heterocycles. The van der Waals surface area contributed by atoms with Crippen molar-refractivity contribution in [3.05, 3.63) is 35.9 Å². The molecule has 0 radical (unpaired) electrons. The Morgan fingerprint density at radius 2 is 1.86 bits per heavy atom. The molecule has 1 aromatic heterocycles. The van der Waals surface area contributed by atoms with Crippen molar-refractivity contribution in [3.8, 4) is 0 Å². The van der Waals surface area contributed by atoms with Gasteiger partial charge in [-0.25, -0.2) is 9.97 Å². The maximum atomic E-state index is 4.53. The summed E-state index contributed by atoms with van der Waals surface area (Å²) >= 11 is 1.54. The van der Waals surface area contributed by atoms with Crippen molar-refractivity contribution in [1.82, 2.24) is 9.97 Å². The summed E-state index contributed by atoms with van der Waals surface area (Å²) in [6, 6.07) is 10.3. The quantitative estimate of drug-likeness (QED) is 0.608. The number of hydrogen-bond acceptors (Lipinski definition) is 5. The van der Waals surface area contributed by atoms with Crippen LogP contribution in [0, 0.1) is 0 Å². The molecule has 4 nitrogen and oxygen atoms in total. The van der Waals surface area contributed by atoms with Gasteiger partial charge in [0, 0.05) is 18.3 Å². The topological polar surface area (TPSA) is 49.8 Å². The highest BCUT2D eigenvalue weighted by molar-refractivity contribution is 7.98. The summed E-state index contributed by atoms with van der Waals surface area (Å²) in [5.41, 5.74) is 2.38. The highest BCUT2D eigenvalue weighted by atomic mass is 32.2. The van der Waals surface area contributed by atoms with Gasteiger partial charge in [-0.1, -0.05) is 43.8 Å². The van der Waals surface area contributed by atoms with Crippen LogP contribution in [0.5, 0.6) is 0 Å². The van der Waals surface area contributed by atoms with Crippen molar-refractivity contribution < 1.29 is 0 Å². The fourth-order valence-corrected chi connectivity index (χ4v) is 2.48. The van der Waals surface area contributed by atoms with E-state index in [1.165, 1.54) is 5.56 Å². The minimum Gasteiger partial charge on any atom is -0.370 e. The molecular formula is C16H22N4S. The van der Waals surface area contributed by atoms with Crippen LogP contribution in [-0.4, -0.2) is 22.8 Å². The van der Waals surface area contributed by atoms with Crippen molar-refractivity contribution in [3.63, 3.8) is 0 Å². The molecule has 1 aromatic carbocycles. The summed E-state index contributed by atoms with van der Waals surface area (Å²) in [7, 11) is 0. The average molecular weight is 302 g/mol. The number of thioether (sulfide) groups is 1. The van der Waals surface area contributed by atoms with Gasteiger partial charge in [0.2, 0.25) is 0 Å². The van der Waals surface area contributed by atoms with Gasteiger partial charge in [0.05, 0.1) is 0 Å². The fraction of sp³-hybridized carbons (Fsp3) is 0.375. The molecule has 0 bridgehead atoms. The van der Waals surface area contributed by atoms with E-state index in [4.69, 9.17) is 0 Å². The summed E-state index contributed by atoms with van der Waals surface area (Å²) in [4.78, 5) is 8.97. The molecule has 0 unspecified atom stereocenters. The Balaban J connectivity index is 2.32. The number of hydrogen-bond donors (Lipinski definition) is 2. The normalized spacial score (nSPS) is 10.7. The molecule has 2 aromatic rings. The molecule has 0 saturated carbocycles. The molecule has 0 atom stereocenters. The second-order valence-electron chi connectivity index (χ2n) is 5.02. The van der Waals surface area contributed by atoms with Crippen LogP contribution >= 0.6 is 11.8 Å². The van der Waals surface area contributed by atoms with Gasteiger partial charge in [-0.2, -0.15) is 0 Å². The molecule has 2 N–H and O–H groups in total. The Hall–Kier alpha value is -1.75. The molecule has 5 heteroatoms. The number of para-hydroxylation sites is 1. The van der Waals surface area contributed by atoms with Crippen LogP contribution in [0.1, 0.15) is 32.3 Å². The van der Waals surface area contributed by atoms with E-state index in [2.05, 4.69) is 59.6 Å². The second-order valence-corrected chi connectivity index (χ2v) is 5.80. The summed E-state index contributed by atoms with van der Waals surface area (Å²) in [5.74, 6) is 2.13. The van der Waals surface area contributed by atoms with Gasteiger partial charge in [-0.3, -0.25) is 0 Å².